The van der Waals surface area contributed by atoms with Gasteiger partial charge >= 0.3 is 0 Å². The molecule has 0 radical (unpaired) electrons. The van der Waals surface area contributed by atoms with Gasteiger partial charge in [0.25, 0.3) is 0 Å². The molecule has 6 heteroatoms. The lowest BCUT2D eigenvalue weighted by molar-refractivity contribution is -0.114. The molecule has 0 aliphatic heterocycles. The van der Waals surface area contributed by atoms with Crippen molar-refractivity contribution in [3.63, 3.8) is 0 Å². The van der Waals surface area contributed by atoms with Gasteiger partial charge in [-0.05, 0) is 17.3 Å². The van der Waals surface area contributed by atoms with Crippen molar-refractivity contribution in [3.8, 4) is 11.4 Å². The van der Waals surface area contributed by atoms with Crippen LogP contribution < -0.4 is 5.32 Å². The summed E-state index contributed by atoms with van der Waals surface area (Å²) in [5.74, 6) is 0.363. The van der Waals surface area contributed by atoms with Crippen molar-refractivity contribution >= 4 is 17.8 Å². The average Bonchev–Trinajstić information content (AvgIpc) is 2.77. The Morgan fingerprint density at radius 1 is 1.53 bits per heavy atom. The first-order valence-corrected chi connectivity index (χ1v) is 4.99. The van der Waals surface area contributed by atoms with Crippen LogP contribution in [0.1, 0.15) is 6.92 Å². The smallest absolute Gasteiger partial charge is 0.221 e. The van der Waals surface area contributed by atoms with E-state index in [-0.39, 0.29) is 5.91 Å². The summed E-state index contributed by atoms with van der Waals surface area (Å²) in [5, 5.41) is 14.4. The Kier molecular flexibility index (Phi) is 2.95. The van der Waals surface area contributed by atoms with Crippen LogP contribution in [0.5, 0.6) is 0 Å². The third kappa shape index (κ3) is 2.54. The van der Waals surface area contributed by atoms with E-state index in [4.69, 9.17) is 0 Å². The van der Waals surface area contributed by atoms with Crippen molar-refractivity contribution in [1.29, 1.82) is 0 Å². The predicted octanol–water partition coefficient (Wildman–Crippen LogP) is 1.40. The van der Waals surface area contributed by atoms with Gasteiger partial charge in [0.1, 0.15) is 0 Å². The van der Waals surface area contributed by atoms with Crippen LogP contribution in [0.25, 0.3) is 17.6 Å². The van der Waals surface area contributed by atoms with Crippen LogP contribution in [0.3, 0.4) is 0 Å². The molecule has 0 atom stereocenters. The summed E-state index contributed by atoms with van der Waals surface area (Å²) in [7, 11) is 0. The molecule has 0 unspecified atom stereocenters. The Hall–Kier alpha value is -2.50. The van der Waals surface area contributed by atoms with Crippen molar-refractivity contribution in [2.75, 3.05) is 5.32 Å². The fourth-order valence-electron chi connectivity index (χ4n) is 1.36. The molecule has 1 heterocycles. The molecule has 1 N–H and O–H groups in total. The molecule has 0 saturated carbocycles. The molecule has 1 amide bonds. The lowest BCUT2D eigenvalue weighted by atomic mass is 10.2. The maximum Gasteiger partial charge on any atom is 0.221 e. The van der Waals surface area contributed by atoms with E-state index in [9.17, 15) is 4.79 Å². The number of carbonyl (C=O) groups excluding carboxylic acids is 1. The molecular weight excluding hydrogens is 218 g/mol. The van der Waals surface area contributed by atoms with Crippen molar-refractivity contribution in [2.24, 2.45) is 0 Å². The number of hydrogen-bond acceptors (Lipinski definition) is 4. The molecule has 0 fully saturated rings. The van der Waals surface area contributed by atoms with Crippen LogP contribution in [0.2, 0.25) is 0 Å². The van der Waals surface area contributed by atoms with E-state index in [0.717, 1.165) is 5.56 Å². The number of anilines is 1. The number of hydrogen-bond donors (Lipinski definition) is 1. The number of nitrogens with one attached hydrogen (secondary N) is 1. The zero-order valence-corrected chi connectivity index (χ0v) is 9.29. The first-order chi connectivity index (χ1) is 8.19. The summed E-state index contributed by atoms with van der Waals surface area (Å²) in [6, 6.07) is 7.24. The number of tetrazole rings is 1. The fraction of sp³-hybridized carbons (Fsp3) is 0.0909. The molecule has 6 nitrogen and oxygen atoms in total. The number of aromatic nitrogens is 4. The molecule has 86 valence electrons. The Labute approximate surface area is 98.0 Å². The summed E-state index contributed by atoms with van der Waals surface area (Å²) in [5.41, 5.74) is 1.48. The lowest BCUT2D eigenvalue weighted by Crippen LogP contribution is -2.05. The summed E-state index contributed by atoms with van der Waals surface area (Å²) in [6.45, 7) is 4.99. The molecule has 17 heavy (non-hydrogen) atoms. The molecule has 1 aromatic heterocycles. The highest BCUT2D eigenvalue weighted by Gasteiger charge is 2.05. The number of nitrogens with zero attached hydrogens (tertiary/aromatic N) is 4. The summed E-state index contributed by atoms with van der Waals surface area (Å²) in [6.07, 6.45) is 1.45. The molecular formula is C11H11N5O. The largest absolute Gasteiger partial charge is 0.326 e. The van der Waals surface area contributed by atoms with E-state index in [1.165, 1.54) is 17.9 Å². The molecule has 0 aliphatic rings. The second kappa shape index (κ2) is 4.56. The number of amides is 1. The van der Waals surface area contributed by atoms with E-state index in [2.05, 4.69) is 27.3 Å². The van der Waals surface area contributed by atoms with Crippen LogP contribution in [0.4, 0.5) is 5.69 Å². The second-order valence-electron chi connectivity index (χ2n) is 3.38. The normalized spacial score (nSPS) is 9.94. The van der Waals surface area contributed by atoms with E-state index in [1.54, 1.807) is 12.1 Å². The Balaban J connectivity index is 2.32. The Bertz CT molecular complexity index is 560. The standard InChI is InChI=1S/C11H11N5O/c1-3-16-14-11(13-15-16)9-5-4-6-10(7-9)12-8(2)17/h3-7H,1H2,2H3,(H,12,17). The predicted molar refractivity (Wildman–Crippen MR) is 63.9 cm³/mol. The summed E-state index contributed by atoms with van der Waals surface area (Å²) < 4.78 is 0. The van der Waals surface area contributed by atoms with Crippen molar-refractivity contribution in [3.05, 3.63) is 30.8 Å². The maximum atomic E-state index is 10.9. The minimum atomic E-state index is -0.121. The van der Waals surface area contributed by atoms with Gasteiger partial charge in [-0.15, -0.1) is 15.0 Å². The Morgan fingerprint density at radius 3 is 3.00 bits per heavy atom. The molecule has 0 aliphatic carbocycles. The first-order valence-electron chi connectivity index (χ1n) is 4.99. The summed E-state index contributed by atoms with van der Waals surface area (Å²) >= 11 is 0. The summed E-state index contributed by atoms with van der Waals surface area (Å²) in [4.78, 5) is 12.2. The van der Waals surface area contributed by atoms with Gasteiger partial charge in [-0.2, -0.15) is 0 Å². The van der Waals surface area contributed by atoms with Crippen LogP contribution in [-0.4, -0.2) is 26.1 Å². The monoisotopic (exact) mass is 229 g/mol. The number of carbonyl (C=O) groups is 1. The molecule has 1 aromatic carbocycles. The van der Waals surface area contributed by atoms with Gasteiger partial charge in [0.2, 0.25) is 11.7 Å². The highest BCUT2D eigenvalue weighted by atomic mass is 16.1. The van der Waals surface area contributed by atoms with Gasteiger partial charge in [-0.25, -0.2) is 0 Å². The molecule has 2 aromatic rings. The molecule has 0 bridgehead atoms. The molecule has 0 saturated heterocycles. The van der Waals surface area contributed by atoms with Gasteiger partial charge in [0.05, 0.1) is 0 Å². The highest BCUT2D eigenvalue weighted by Crippen LogP contribution is 2.18. The number of benzene rings is 1. The van der Waals surface area contributed by atoms with E-state index < -0.39 is 0 Å². The Morgan fingerprint density at radius 2 is 2.35 bits per heavy atom. The van der Waals surface area contributed by atoms with Crippen molar-refractivity contribution < 1.29 is 4.79 Å². The van der Waals surface area contributed by atoms with E-state index in [1.807, 2.05) is 12.1 Å². The fourth-order valence-corrected chi connectivity index (χ4v) is 1.36. The molecule has 0 spiro atoms. The van der Waals surface area contributed by atoms with E-state index in [0.29, 0.717) is 11.5 Å². The van der Waals surface area contributed by atoms with E-state index >= 15 is 0 Å². The quantitative estimate of drug-likeness (QED) is 0.863. The highest BCUT2D eigenvalue weighted by molar-refractivity contribution is 5.89. The minimum absolute atomic E-state index is 0.121. The van der Waals surface area contributed by atoms with Crippen LogP contribution in [-0.2, 0) is 4.79 Å². The van der Waals surface area contributed by atoms with Crippen molar-refractivity contribution in [2.45, 2.75) is 6.92 Å². The SMILES string of the molecule is C=Cn1nnc(-c2cccc(NC(C)=O)c2)n1. The lowest BCUT2D eigenvalue weighted by Gasteiger charge is -2.02. The number of rotatable bonds is 3. The molecule has 2 rings (SSSR count). The van der Waals surface area contributed by atoms with Crippen molar-refractivity contribution in [1.82, 2.24) is 20.2 Å². The van der Waals surface area contributed by atoms with Crippen LogP contribution >= 0.6 is 0 Å². The minimum Gasteiger partial charge on any atom is -0.326 e. The topological polar surface area (TPSA) is 72.7 Å². The zero-order valence-electron chi connectivity index (χ0n) is 9.29. The third-order valence-electron chi connectivity index (χ3n) is 2.03. The van der Waals surface area contributed by atoms with Gasteiger partial charge in [-0.1, -0.05) is 18.7 Å². The van der Waals surface area contributed by atoms with Gasteiger partial charge in [0, 0.05) is 24.4 Å². The van der Waals surface area contributed by atoms with Crippen LogP contribution in [0, 0.1) is 0 Å². The maximum absolute atomic E-state index is 10.9. The zero-order chi connectivity index (χ0) is 12.3. The third-order valence-corrected chi connectivity index (χ3v) is 2.03. The van der Waals surface area contributed by atoms with Crippen LogP contribution in [0.15, 0.2) is 30.8 Å². The van der Waals surface area contributed by atoms with Gasteiger partial charge < -0.3 is 5.32 Å². The second-order valence-corrected chi connectivity index (χ2v) is 3.38. The van der Waals surface area contributed by atoms with Gasteiger partial charge in [-0.3, -0.25) is 4.79 Å². The van der Waals surface area contributed by atoms with Gasteiger partial charge in [0.15, 0.2) is 0 Å². The first kappa shape index (κ1) is 11.0. The average molecular weight is 229 g/mol.